The first-order chi connectivity index (χ1) is 46.6. The van der Waals surface area contributed by atoms with Crippen LogP contribution in [0.4, 0.5) is 57.0 Å². The van der Waals surface area contributed by atoms with E-state index in [4.69, 9.17) is 36.9 Å². The molecule has 15 rings (SSSR count). The van der Waals surface area contributed by atoms with E-state index < -0.39 is 51.6 Å². The van der Waals surface area contributed by atoms with Crippen LogP contribution in [-0.2, 0) is 25.5 Å². The van der Waals surface area contributed by atoms with E-state index in [1.54, 1.807) is 0 Å². The Hall–Kier alpha value is -6.80. The lowest BCUT2D eigenvalue weighted by molar-refractivity contribution is -0.275. The fourth-order valence-electron chi connectivity index (χ4n) is 17.2. The van der Waals surface area contributed by atoms with E-state index in [-0.39, 0.29) is 53.5 Å². The number of hydrogen-bond acceptors (Lipinski definition) is 18. The van der Waals surface area contributed by atoms with Crippen LogP contribution >= 0.6 is 0 Å². The molecule has 0 amide bonds. The second-order valence-corrected chi connectivity index (χ2v) is 31.7. The van der Waals surface area contributed by atoms with Crippen LogP contribution in [0.2, 0.25) is 0 Å². The van der Waals surface area contributed by atoms with Gasteiger partial charge in [0, 0.05) is 146 Å². The third-order valence-corrected chi connectivity index (χ3v) is 23.5. The number of aromatic nitrogens is 9. The molecule has 540 valence electrons. The quantitative estimate of drug-likeness (QED) is 0.0857. The lowest BCUT2D eigenvalue weighted by Gasteiger charge is -2.36. The van der Waals surface area contributed by atoms with E-state index in [0.29, 0.717) is 118 Å². The molecule has 9 fully saturated rings. The SMILES string of the molecule is CC(C)n1nc(-c2cnc(N)c(C(F)(F)F)c2)cc1C1[C@H]2CC(N3CCS(=O)(=O)CC3)C[C@@H]12.CC(C)n1nc(-c2cnc(N)c(OC(F)(F)F)c2)cc1C1[C@H]2CC(N3CCO[C@H](C)C3)C[C@@H]12.CC(C)n1nc(-c2cnc(N)c(OC(F)(F)F)c2)cc1C1[C@H]2CC(N3CCO[C@H](C)C3)C[C@@H]12. The van der Waals surface area contributed by atoms with Crippen molar-refractivity contribution in [3.63, 3.8) is 0 Å². The van der Waals surface area contributed by atoms with Gasteiger partial charge in [0.2, 0.25) is 0 Å². The van der Waals surface area contributed by atoms with Gasteiger partial charge in [0.05, 0.1) is 59.6 Å². The normalized spacial score (nSPS) is 29.8. The minimum Gasteiger partial charge on any atom is -0.402 e. The van der Waals surface area contributed by atoms with Gasteiger partial charge in [-0.2, -0.15) is 28.5 Å². The van der Waals surface area contributed by atoms with Crippen LogP contribution < -0.4 is 26.7 Å². The summed E-state index contributed by atoms with van der Waals surface area (Å²) >= 11 is 0. The molecule has 3 aliphatic heterocycles. The van der Waals surface area contributed by atoms with Crippen molar-refractivity contribution < 1.29 is 66.9 Å². The van der Waals surface area contributed by atoms with Gasteiger partial charge in [0.25, 0.3) is 0 Å². The highest BCUT2D eigenvalue weighted by molar-refractivity contribution is 7.91. The Morgan fingerprint density at radius 3 is 1.11 bits per heavy atom. The summed E-state index contributed by atoms with van der Waals surface area (Å²) in [6.45, 7) is 23.4. The Kier molecular flexibility index (Phi) is 19.2. The molecule has 6 unspecified atom stereocenters. The number of hydrogen-bond donors (Lipinski definition) is 3. The molecule has 6 aromatic heterocycles. The first-order valence-corrected chi connectivity index (χ1v) is 36.3. The van der Waals surface area contributed by atoms with E-state index in [0.717, 1.165) is 75.4 Å². The van der Waals surface area contributed by atoms with Crippen LogP contribution in [0.3, 0.4) is 0 Å². The van der Waals surface area contributed by atoms with Gasteiger partial charge in [0.15, 0.2) is 33.0 Å². The number of nitrogens with two attached hydrogens (primary N) is 3. The number of alkyl halides is 9. The van der Waals surface area contributed by atoms with Crippen molar-refractivity contribution in [3.8, 4) is 45.3 Å². The summed E-state index contributed by atoms with van der Waals surface area (Å²) in [4.78, 5) is 19.0. The van der Waals surface area contributed by atoms with E-state index in [1.165, 1.54) is 56.4 Å². The summed E-state index contributed by atoms with van der Waals surface area (Å²) in [5.41, 5.74) is 21.9. The zero-order chi connectivity index (χ0) is 70.7. The predicted octanol–water partition coefficient (Wildman–Crippen LogP) is 11.8. The fraction of sp³-hybridized carbons (Fsp3) is 0.647. The van der Waals surface area contributed by atoms with Crippen molar-refractivity contribution >= 4 is 27.3 Å². The topological polar surface area (TPSA) is 251 Å². The average molecular weight is 1410 g/mol. The molecule has 14 atom stereocenters. The summed E-state index contributed by atoms with van der Waals surface area (Å²) in [5.74, 6) is 3.05. The van der Waals surface area contributed by atoms with E-state index in [2.05, 4.69) is 85.8 Å². The standard InChI is InChI=1S/2C23H30F3N5O2.C22H28F3N5O2S/c2*1-12(2)31-19(21-16-7-15(8-17(16)21)30-4-5-32-13(3)11-30)9-18(29-31)14-6-20(22(27)28-10-14)33-23(24,25)26;1-12(2)30-19(10-18(28-30)13-7-17(22(23,24)25)21(26)27-11-13)20-15-8-14(9-16(15)20)29-3-5-33(31,32)6-4-29/h2*6,9-10,12-13,15-17,21H,4-5,7-8,11H2,1-3H3,(H2,27,28);7,10-12,14-16,20H,3-6,8-9H2,1-2H3,(H2,26,27)/t2*13-,15?,16-,17+,21?;14?,15-,16+,20?/m11./s1. The van der Waals surface area contributed by atoms with Gasteiger partial charge in [-0.05, 0) is 166 Å². The van der Waals surface area contributed by atoms with Crippen LogP contribution in [0, 0.1) is 35.5 Å². The number of sulfone groups is 1. The molecule has 6 saturated carbocycles. The first kappa shape index (κ1) is 70.6. The Labute approximate surface area is 569 Å². The van der Waals surface area contributed by atoms with Crippen molar-refractivity contribution in [1.29, 1.82) is 0 Å². The molecular formula is C68H88F9N15O6S. The van der Waals surface area contributed by atoms with E-state index in [9.17, 15) is 47.9 Å². The molecule has 99 heavy (non-hydrogen) atoms. The number of pyridine rings is 3. The Morgan fingerprint density at radius 1 is 0.475 bits per heavy atom. The predicted molar refractivity (Wildman–Crippen MR) is 352 cm³/mol. The van der Waals surface area contributed by atoms with Crippen molar-refractivity contribution in [2.75, 3.05) is 81.2 Å². The zero-order valence-electron chi connectivity index (χ0n) is 56.7. The van der Waals surface area contributed by atoms with Gasteiger partial charge in [-0.15, -0.1) is 26.3 Å². The van der Waals surface area contributed by atoms with Crippen LogP contribution in [0.25, 0.3) is 33.8 Å². The maximum absolute atomic E-state index is 13.3. The molecular weight excluding hydrogens is 1330 g/mol. The summed E-state index contributed by atoms with van der Waals surface area (Å²) < 4.78 is 165. The highest BCUT2D eigenvalue weighted by Crippen LogP contribution is 2.67. The van der Waals surface area contributed by atoms with Crippen LogP contribution in [0.5, 0.6) is 11.5 Å². The molecule has 0 bridgehead atoms. The van der Waals surface area contributed by atoms with Crippen molar-refractivity contribution in [1.82, 2.24) is 59.0 Å². The molecule has 6 N–H and O–H groups in total. The monoisotopic (exact) mass is 1410 g/mol. The van der Waals surface area contributed by atoms with Crippen LogP contribution in [0.1, 0.15) is 152 Å². The molecule has 21 nitrogen and oxygen atoms in total. The molecule has 6 aliphatic carbocycles. The van der Waals surface area contributed by atoms with Gasteiger partial charge in [-0.3, -0.25) is 28.7 Å². The largest absolute Gasteiger partial charge is 0.573 e. The fourth-order valence-corrected chi connectivity index (χ4v) is 18.4. The zero-order valence-corrected chi connectivity index (χ0v) is 57.5. The number of rotatable bonds is 14. The third kappa shape index (κ3) is 15.2. The molecule has 9 heterocycles. The number of fused-ring (bicyclic) bond motifs is 3. The minimum absolute atomic E-state index is 0.0713. The van der Waals surface area contributed by atoms with Crippen molar-refractivity contribution in [3.05, 3.63) is 77.6 Å². The van der Waals surface area contributed by atoms with Crippen LogP contribution in [0.15, 0.2) is 55.0 Å². The number of nitrogen functional groups attached to an aromatic ring is 3. The maximum atomic E-state index is 13.3. The second-order valence-electron chi connectivity index (χ2n) is 29.4. The van der Waals surface area contributed by atoms with Gasteiger partial charge in [-0.1, -0.05) is 0 Å². The molecule has 0 spiro atoms. The summed E-state index contributed by atoms with van der Waals surface area (Å²) in [7, 11) is -2.89. The number of anilines is 3. The number of ether oxygens (including phenoxy) is 4. The van der Waals surface area contributed by atoms with Gasteiger partial charge in [0.1, 0.15) is 5.82 Å². The summed E-state index contributed by atoms with van der Waals surface area (Å²) in [6, 6.07) is 11.4. The maximum Gasteiger partial charge on any atom is 0.573 e. The number of morpholine rings is 2. The number of nitrogens with zero attached hydrogens (tertiary/aromatic N) is 12. The molecule has 6 aromatic rings. The highest BCUT2D eigenvalue weighted by atomic mass is 32.2. The van der Waals surface area contributed by atoms with E-state index in [1.807, 2.05) is 46.1 Å². The second kappa shape index (κ2) is 26.9. The van der Waals surface area contributed by atoms with Gasteiger partial charge in [-0.25, -0.2) is 23.4 Å². The lowest BCUT2D eigenvalue weighted by atomic mass is 10.0. The average Bonchev–Trinajstić information content (AvgIpc) is 1.57. The highest BCUT2D eigenvalue weighted by Gasteiger charge is 2.61. The molecule has 0 aromatic carbocycles. The van der Waals surface area contributed by atoms with Crippen molar-refractivity contribution in [2.45, 2.75) is 179 Å². The van der Waals surface area contributed by atoms with E-state index >= 15 is 0 Å². The first-order valence-electron chi connectivity index (χ1n) is 34.5. The van der Waals surface area contributed by atoms with Crippen LogP contribution in [-0.4, -0.2) is 174 Å². The van der Waals surface area contributed by atoms with Gasteiger partial charge >= 0.3 is 18.9 Å². The molecule has 9 aliphatic rings. The number of halogens is 9. The molecule has 3 saturated heterocycles. The van der Waals surface area contributed by atoms with Crippen molar-refractivity contribution in [2.24, 2.45) is 35.5 Å². The third-order valence-electron chi connectivity index (χ3n) is 21.8. The lowest BCUT2D eigenvalue weighted by Crippen LogP contribution is -2.46. The van der Waals surface area contributed by atoms with Gasteiger partial charge < -0.3 is 36.1 Å². The molecule has 31 heteroatoms. The minimum atomic E-state index is -4.84. The summed E-state index contributed by atoms with van der Waals surface area (Å²) in [5, 5.41) is 14.1. The Balaban J connectivity index is 0.000000133. The summed E-state index contributed by atoms with van der Waals surface area (Å²) in [6.07, 6.45) is -2.70. The molecule has 0 radical (unpaired) electrons. The smallest absolute Gasteiger partial charge is 0.402 e. The Morgan fingerprint density at radius 2 is 0.798 bits per heavy atom. The Bertz CT molecular complexity index is 3820.